The Hall–Kier alpha value is -1.43. The molecule has 32 heavy (non-hydrogen) atoms. The average molecular weight is 502 g/mol. The summed E-state index contributed by atoms with van der Waals surface area (Å²) in [5.41, 5.74) is 2.65. The lowest BCUT2D eigenvalue weighted by Gasteiger charge is -2.42. The number of allylic oxidation sites excluding steroid dienone is 3. The third kappa shape index (κ3) is 5.55. The molecule has 1 N–H and O–H groups in total. The maximum absolute atomic E-state index is 13.7. The minimum Gasteiger partial charge on any atom is -0.379 e. The summed E-state index contributed by atoms with van der Waals surface area (Å²) < 4.78 is 6.66. The first-order valence-electron chi connectivity index (χ1n) is 12.3. The molecule has 4 nitrogen and oxygen atoms in total. The van der Waals surface area contributed by atoms with Crippen molar-refractivity contribution in [1.29, 1.82) is 0 Å². The fourth-order valence-corrected chi connectivity index (χ4v) is 6.00. The number of nitrogens with zero attached hydrogens (tertiary/aromatic N) is 1. The van der Waals surface area contributed by atoms with Crippen molar-refractivity contribution >= 4 is 21.8 Å². The monoisotopic (exact) mass is 500 g/mol. The first kappa shape index (κ1) is 23.7. The van der Waals surface area contributed by atoms with E-state index in [0.717, 1.165) is 62.9 Å². The average Bonchev–Trinajstić information content (AvgIpc) is 2.83. The van der Waals surface area contributed by atoms with Crippen molar-refractivity contribution in [3.63, 3.8) is 0 Å². The second kappa shape index (κ2) is 11.1. The van der Waals surface area contributed by atoms with Gasteiger partial charge in [0.15, 0.2) is 0 Å². The van der Waals surface area contributed by atoms with E-state index in [-0.39, 0.29) is 23.8 Å². The van der Waals surface area contributed by atoms with Gasteiger partial charge in [0.1, 0.15) is 0 Å². The quantitative estimate of drug-likeness (QED) is 0.564. The molecule has 2 unspecified atom stereocenters. The van der Waals surface area contributed by atoms with Gasteiger partial charge in [0.25, 0.3) is 0 Å². The molecule has 0 radical (unpaired) electrons. The van der Waals surface area contributed by atoms with Crippen molar-refractivity contribution in [2.24, 2.45) is 11.8 Å². The summed E-state index contributed by atoms with van der Waals surface area (Å²) in [4.78, 5) is 16.2. The van der Waals surface area contributed by atoms with E-state index in [2.05, 4.69) is 82.5 Å². The van der Waals surface area contributed by atoms with Gasteiger partial charge < -0.3 is 10.1 Å². The number of hydrogen-bond donors (Lipinski definition) is 1. The molecule has 1 aromatic carbocycles. The Morgan fingerprint density at radius 1 is 1.22 bits per heavy atom. The maximum atomic E-state index is 13.7. The van der Waals surface area contributed by atoms with Gasteiger partial charge in [-0.25, -0.2) is 0 Å². The van der Waals surface area contributed by atoms with Crippen LogP contribution < -0.4 is 5.32 Å². The molecule has 4 rings (SSSR count). The van der Waals surface area contributed by atoms with E-state index < -0.39 is 0 Å². The first-order valence-corrected chi connectivity index (χ1v) is 13.1. The van der Waals surface area contributed by atoms with Crippen LogP contribution in [0.2, 0.25) is 0 Å². The van der Waals surface area contributed by atoms with Gasteiger partial charge in [-0.1, -0.05) is 60.1 Å². The van der Waals surface area contributed by atoms with Crippen LogP contribution in [-0.4, -0.2) is 49.2 Å². The van der Waals surface area contributed by atoms with E-state index >= 15 is 0 Å². The number of amides is 1. The highest BCUT2D eigenvalue weighted by Crippen LogP contribution is 2.40. The first-order chi connectivity index (χ1) is 15.6. The lowest BCUT2D eigenvalue weighted by molar-refractivity contribution is -0.127. The van der Waals surface area contributed by atoms with Gasteiger partial charge in [-0.05, 0) is 67.2 Å². The molecule has 2 aliphatic carbocycles. The molecule has 1 saturated carbocycles. The molecule has 5 heteroatoms. The molecule has 0 aromatic heterocycles. The number of carbonyl (C=O) groups excluding carboxylic acids is 1. The fraction of sp³-hybridized carbons (Fsp3) is 0.593. The Labute approximate surface area is 201 Å². The molecule has 1 aliphatic heterocycles. The highest BCUT2D eigenvalue weighted by molar-refractivity contribution is 9.10. The molecular formula is C27H37BrN2O2. The highest BCUT2D eigenvalue weighted by Gasteiger charge is 2.39. The van der Waals surface area contributed by atoms with E-state index in [0.29, 0.717) is 12.0 Å². The Kier molecular flexibility index (Phi) is 8.25. The molecule has 1 amide bonds. The summed E-state index contributed by atoms with van der Waals surface area (Å²) in [6.45, 7) is 8.10. The second-order valence-electron chi connectivity index (χ2n) is 9.58. The Bertz CT molecular complexity index is 829. The number of benzene rings is 1. The summed E-state index contributed by atoms with van der Waals surface area (Å²) in [7, 11) is 0. The molecule has 2 fully saturated rings. The van der Waals surface area contributed by atoms with Gasteiger partial charge in [-0.15, -0.1) is 0 Å². The number of nitrogens with one attached hydrogen (secondary N) is 1. The predicted molar refractivity (Wildman–Crippen MR) is 134 cm³/mol. The fourth-order valence-electron chi connectivity index (χ4n) is 5.74. The van der Waals surface area contributed by atoms with Crippen LogP contribution in [0.1, 0.15) is 57.4 Å². The van der Waals surface area contributed by atoms with Crippen LogP contribution in [0.5, 0.6) is 0 Å². The largest absolute Gasteiger partial charge is 0.379 e. The van der Waals surface area contributed by atoms with Crippen LogP contribution in [0, 0.1) is 11.8 Å². The number of rotatable bonds is 6. The molecule has 3 aliphatic rings. The smallest absolute Gasteiger partial charge is 0.224 e. The zero-order valence-corrected chi connectivity index (χ0v) is 21.0. The van der Waals surface area contributed by atoms with E-state index in [1.54, 1.807) is 0 Å². The number of morpholine rings is 1. The van der Waals surface area contributed by atoms with E-state index in [4.69, 9.17) is 4.74 Å². The van der Waals surface area contributed by atoms with Crippen molar-refractivity contribution in [2.45, 2.75) is 64.0 Å². The third-order valence-electron chi connectivity index (χ3n) is 7.63. The van der Waals surface area contributed by atoms with Crippen molar-refractivity contribution in [3.05, 3.63) is 58.1 Å². The van der Waals surface area contributed by atoms with E-state index in [9.17, 15) is 4.79 Å². The van der Waals surface area contributed by atoms with Crippen LogP contribution in [0.3, 0.4) is 0 Å². The SMILES string of the molecule is CC[C@H](NC(=O)[C@@H]1CC[C@@H](N2CCOCC2)CC1c1ccc(Br)cc1)C1=CC=CCC1C. The summed E-state index contributed by atoms with van der Waals surface area (Å²) in [5.74, 6) is 0.995. The lowest BCUT2D eigenvalue weighted by atomic mass is 9.72. The van der Waals surface area contributed by atoms with E-state index in [1.165, 1.54) is 11.1 Å². The maximum Gasteiger partial charge on any atom is 0.224 e. The summed E-state index contributed by atoms with van der Waals surface area (Å²) >= 11 is 3.57. The molecule has 1 heterocycles. The summed E-state index contributed by atoms with van der Waals surface area (Å²) in [6.07, 6.45) is 11.6. The number of ether oxygens (including phenoxy) is 1. The van der Waals surface area contributed by atoms with Crippen molar-refractivity contribution in [3.8, 4) is 0 Å². The predicted octanol–water partition coefficient (Wildman–Crippen LogP) is 5.45. The minimum absolute atomic E-state index is 0.0255. The van der Waals surface area contributed by atoms with Gasteiger partial charge in [-0.3, -0.25) is 9.69 Å². The Morgan fingerprint density at radius 2 is 1.97 bits per heavy atom. The van der Waals surface area contributed by atoms with Crippen molar-refractivity contribution in [2.75, 3.05) is 26.3 Å². The summed E-state index contributed by atoms with van der Waals surface area (Å²) in [5, 5.41) is 3.46. The molecule has 0 bridgehead atoms. The highest BCUT2D eigenvalue weighted by atomic mass is 79.9. The topological polar surface area (TPSA) is 41.6 Å². The number of carbonyl (C=O) groups is 1. The van der Waals surface area contributed by atoms with Crippen molar-refractivity contribution < 1.29 is 9.53 Å². The third-order valence-corrected chi connectivity index (χ3v) is 8.16. The van der Waals surface area contributed by atoms with Gasteiger partial charge in [0.2, 0.25) is 5.91 Å². The van der Waals surface area contributed by atoms with Gasteiger partial charge in [0.05, 0.1) is 19.3 Å². The zero-order valence-electron chi connectivity index (χ0n) is 19.4. The number of halogens is 1. The van der Waals surface area contributed by atoms with Crippen LogP contribution >= 0.6 is 15.9 Å². The number of hydrogen-bond acceptors (Lipinski definition) is 3. The lowest BCUT2D eigenvalue weighted by Crippen LogP contribution is -2.49. The second-order valence-corrected chi connectivity index (χ2v) is 10.5. The van der Waals surface area contributed by atoms with Crippen LogP contribution in [0.4, 0.5) is 0 Å². The molecule has 0 spiro atoms. The Morgan fingerprint density at radius 3 is 2.66 bits per heavy atom. The normalized spacial score (nSPS) is 29.9. The minimum atomic E-state index is 0.0255. The Balaban J connectivity index is 1.52. The van der Waals surface area contributed by atoms with Crippen LogP contribution in [0.15, 0.2) is 52.5 Å². The molecule has 1 aromatic rings. The molecule has 5 atom stereocenters. The van der Waals surface area contributed by atoms with Gasteiger partial charge >= 0.3 is 0 Å². The van der Waals surface area contributed by atoms with Crippen molar-refractivity contribution in [1.82, 2.24) is 10.2 Å². The molecule has 1 saturated heterocycles. The molecule has 174 valence electrons. The van der Waals surface area contributed by atoms with Gasteiger partial charge in [-0.2, -0.15) is 0 Å². The zero-order chi connectivity index (χ0) is 22.5. The van der Waals surface area contributed by atoms with Crippen LogP contribution in [-0.2, 0) is 9.53 Å². The standard InChI is InChI=1S/C27H37BrN2O2/c1-3-26(23-7-5-4-6-19(23)2)29-27(31)24-13-12-22(30-14-16-32-17-15-30)18-25(24)20-8-10-21(28)11-9-20/h4-5,7-11,19,22,24-26H,3,6,12-18H2,1-2H3,(H,29,31)/t19?,22-,24-,25?,26+/m1/s1. The van der Waals surface area contributed by atoms with Gasteiger partial charge in [0, 0.05) is 29.5 Å². The summed E-state index contributed by atoms with van der Waals surface area (Å²) in [6, 6.07) is 9.28. The van der Waals surface area contributed by atoms with Crippen LogP contribution in [0.25, 0.3) is 0 Å². The molecular weight excluding hydrogens is 464 g/mol. The van der Waals surface area contributed by atoms with E-state index in [1.807, 2.05) is 0 Å².